The Labute approximate surface area is 203 Å². The van der Waals surface area contributed by atoms with Crippen LogP contribution in [0.3, 0.4) is 0 Å². The van der Waals surface area contributed by atoms with Gasteiger partial charge in [-0.3, -0.25) is 14.5 Å². The second-order valence-electron chi connectivity index (χ2n) is 8.86. The van der Waals surface area contributed by atoms with E-state index in [0.717, 1.165) is 36.0 Å². The number of hydrogen-bond acceptors (Lipinski definition) is 6. The molecule has 3 heterocycles. The Kier molecular flexibility index (Phi) is 6.07. The van der Waals surface area contributed by atoms with Crippen molar-refractivity contribution in [3.05, 3.63) is 93.1 Å². The molecule has 0 aliphatic carbocycles. The van der Waals surface area contributed by atoms with E-state index in [-0.39, 0.29) is 17.1 Å². The van der Waals surface area contributed by atoms with Crippen LogP contribution in [0.4, 0.5) is 5.95 Å². The lowest BCUT2D eigenvalue weighted by Gasteiger charge is -2.23. The van der Waals surface area contributed by atoms with Crippen molar-refractivity contribution in [3.8, 4) is 5.75 Å². The van der Waals surface area contributed by atoms with E-state index in [2.05, 4.69) is 16.9 Å². The van der Waals surface area contributed by atoms with Crippen LogP contribution in [0.25, 0.3) is 11.0 Å². The number of amides is 1. The number of nitrogens with zero attached hydrogens (tertiary/aromatic N) is 3. The van der Waals surface area contributed by atoms with Crippen LogP contribution in [-0.4, -0.2) is 22.5 Å². The first-order valence-electron chi connectivity index (χ1n) is 11.9. The van der Waals surface area contributed by atoms with Crippen molar-refractivity contribution in [2.45, 2.75) is 46.1 Å². The van der Waals surface area contributed by atoms with Gasteiger partial charge in [-0.15, -0.1) is 0 Å². The Morgan fingerprint density at radius 2 is 1.77 bits per heavy atom. The number of carbonyl (C=O) groups excluding carboxylic acids is 1. The van der Waals surface area contributed by atoms with Gasteiger partial charge in [0.25, 0.3) is 5.91 Å². The number of aryl methyl sites for hydroxylation is 2. The first-order valence-corrected chi connectivity index (χ1v) is 11.9. The largest absolute Gasteiger partial charge is 0.494 e. The molecule has 0 radical (unpaired) electrons. The van der Waals surface area contributed by atoms with Crippen LogP contribution in [0.5, 0.6) is 5.75 Å². The molecule has 1 aliphatic rings. The van der Waals surface area contributed by atoms with E-state index in [1.54, 1.807) is 24.5 Å². The molecule has 0 saturated carbocycles. The minimum atomic E-state index is -0.735. The Balaban J connectivity index is 1.68. The minimum absolute atomic E-state index is 0.0254. The van der Waals surface area contributed by atoms with Gasteiger partial charge in [-0.2, -0.15) is 0 Å². The van der Waals surface area contributed by atoms with Gasteiger partial charge in [-0.25, -0.2) is 9.97 Å². The van der Waals surface area contributed by atoms with Crippen molar-refractivity contribution in [2.24, 2.45) is 0 Å². The molecule has 2 aromatic carbocycles. The first kappa shape index (κ1) is 22.8. The molecule has 0 saturated heterocycles. The van der Waals surface area contributed by atoms with Gasteiger partial charge in [0.2, 0.25) is 11.7 Å². The quantitative estimate of drug-likeness (QED) is 0.331. The van der Waals surface area contributed by atoms with Crippen LogP contribution in [0.15, 0.2) is 64.1 Å². The van der Waals surface area contributed by atoms with Crippen molar-refractivity contribution in [2.75, 3.05) is 11.5 Å². The van der Waals surface area contributed by atoms with Crippen LogP contribution in [0, 0.1) is 13.8 Å². The Morgan fingerprint density at radius 1 is 1.00 bits per heavy atom. The van der Waals surface area contributed by atoms with E-state index < -0.39 is 11.9 Å². The topological polar surface area (TPSA) is 85.5 Å². The van der Waals surface area contributed by atoms with Gasteiger partial charge < -0.3 is 9.15 Å². The van der Waals surface area contributed by atoms with E-state index in [4.69, 9.17) is 9.15 Å². The Bertz CT molecular complexity index is 1460. The zero-order valence-electron chi connectivity index (χ0n) is 20.1. The lowest BCUT2D eigenvalue weighted by molar-refractivity contribution is 0.0969. The summed E-state index contributed by atoms with van der Waals surface area (Å²) in [6.07, 6.45) is 6.31. The maximum absolute atomic E-state index is 13.8. The second kappa shape index (κ2) is 9.33. The summed E-state index contributed by atoms with van der Waals surface area (Å²) in [6.45, 7) is 6.65. The summed E-state index contributed by atoms with van der Waals surface area (Å²) in [5.41, 5.74) is 3.16. The number of carbonyl (C=O) groups is 1. The van der Waals surface area contributed by atoms with Gasteiger partial charge in [0, 0.05) is 12.4 Å². The van der Waals surface area contributed by atoms with Crippen LogP contribution in [0.2, 0.25) is 0 Å². The molecule has 0 spiro atoms. The van der Waals surface area contributed by atoms with E-state index in [1.165, 1.54) is 4.90 Å². The fourth-order valence-electron chi connectivity index (χ4n) is 4.48. The molecule has 1 atom stereocenters. The summed E-state index contributed by atoms with van der Waals surface area (Å²) < 4.78 is 12.0. The number of benzene rings is 2. The summed E-state index contributed by atoms with van der Waals surface area (Å²) in [6, 6.07) is 12.1. The fourth-order valence-corrected chi connectivity index (χ4v) is 4.48. The number of aromatic nitrogens is 2. The van der Waals surface area contributed by atoms with E-state index in [0.29, 0.717) is 28.9 Å². The first-order chi connectivity index (χ1) is 17.0. The third kappa shape index (κ3) is 4.07. The predicted molar refractivity (Wildman–Crippen MR) is 134 cm³/mol. The van der Waals surface area contributed by atoms with E-state index in [1.807, 2.05) is 44.2 Å². The zero-order chi connectivity index (χ0) is 24.5. The summed E-state index contributed by atoms with van der Waals surface area (Å²) >= 11 is 0. The van der Waals surface area contributed by atoms with Gasteiger partial charge in [0.05, 0.1) is 23.6 Å². The SMILES string of the molecule is CCCCCOc1cccc(C2c3c(oc4cc(C)c(C)cc4c3=O)C(=O)N2c2ncccn2)c1. The number of hydrogen-bond donors (Lipinski definition) is 0. The smallest absolute Gasteiger partial charge is 0.297 e. The third-order valence-electron chi connectivity index (χ3n) is 6.44. The third-order valence-corrected chi connectivity index (χ3v) is 6.44. The van der Waals surface area contributed by atoms with Crippen molar-refractivity contribution < 1.29 is 13.9 Å². The molecule has 1 aliphatic heterocycles. The molecule has 1 amide bonds. The van der Waals surface area contributed by atoms with Crippen LogP contribution in [0.1, 0.15) is 65.0 Å². The number of anilines is 1. The maximum Gasteiger partial charge on any atom is 0.297 e. The average Bonchev–Trinajstić information content (AvgIpc) is 3.16. The molecule has 0 N–H and O–H groups in total. The van der Waals surface area contributed by atoms with Gasteiger partial charge >= 0.3 is 0 Å². The molecule has 1 unspecified atom stereocenters. The van der Waals surface area contributed by atoms with E-state index >= 15 is 0 Å². The molecule has 178 valence electrons. The van der Waals surface area contributed by atoms with Crippen molar-refractivity contribution in [1.82, 2.24) is 9.97 Å². The van der Waals surface area contributed by atoms with Crippen molar-refractivity contribution in [1.29, 1.82) is 0 Å². The van der Waals surface area contributed by atoms with Crippen LogP contribution >= 0.6 is 0 Å². The molecule has 5 rings (SSSR count). The van der Waals surface area contributed by atoms with Gasteiger partial charge in [0.1, 0.15) is 11.3 Å². The molecule has 35 heavy (non-hydrogen) atoms. The maximum atomic E-state index is 13.8. The molecule has 7 nitrogen and oxygen atoms in total. The number of ether oxygens (including phenoxy) is 1. The Morgan fingerprint density at radius 3 is 2.54 bits per heavy atom. The monoisotopic (exact) mass is 469 g/mol. The summed E-state index contributed by atoms with van der Waals surface area (Å²) in [5.74, 6) is 0.476. The lowest BCUT2D eigenvalue weighted by Crippen LogP contribution is -2.31. The minimum Gasteiger partial charge on any atom is -0.494 e. The number of rotatable bonds is 7. The molecular weight excluding hydrogens is 442 g/mol. The average molecular weight is 470 g/mol. The molecule has 2 aromatic heterocycles. The summed E-state index contributed by atoms with van der Waals surface area (Å²) in [5, 5.41) is 0.451. The van der Waals surface area contributed by atoms with Crippen molar-refractivity contribution in [3.63, 3.8) is 0 Å². The number of unbranched alkanes of at least 4 members (excludes halogenated alkanes) is 2. The lowest BCUT2D eigenvalue weighted by atomic mass is 9.97. The normalized spacial score (nSPS) is 15.0. The van der Waals surface area contributed by atoms with Gasteiger partial charge in [-0.1, -0.05) is 31.9 Å². The highest BCUT2D eigenvalue weighted by Gasteiger charge is 2.45. The van der Waals surface area contributed by atoms with E-state index in [9.17, 15) is 9.59 Å². The van der Waals surface area contributed by atoms with Gasteiger partial charge in [-0.05, 0) is 67.3 Å². The highest BCUT2D eigenvalue weighted by molar-refractivity contribution is 6.09. The second-order valence-corrected chi connectivity index (χ2v) is 8.86. The summed E-state index contributed by atoms with van der Waals surface area (Å²) in [7, 11) is 0. The molecule has 0 fully saturated rings. The van der Waals surface area contributed by atoms with Gasteiger partial charge in [0.15, 0.2) is 5.43 Å². The zero-order valence-corrected chi connectivity index (χ0v) is 20.1. The van der Waals surface area contributed by atoms with Crippen molar-refractivity contribution >= 4 is 22.8 Å². The molecule has 7 heteroatoms. The highest BCUT2D eigenvalue weighted by Crippen LogP contribution is 2.40. The highest BCUT2D eigenvalue weighted by atomic mass is 16.5. The standard InChI is InChI=1S/C28H27N3O4/c1-4-5-6-13-34-20-10-7-9-19(16-20)24-23-25(32)21-14-17(2)18(3)15-22(21)35-26(23)27(33)31(24)28-29-11-8-12-30-28/h7-12,14-16,24H,4-6,13H2,1-3H3. The van der Waals surface area contributed by atoms with Crippen LogP contribution < -0.4 is 15.1 Å². The molecular formula is C28H27N3O4. The fraction of sp³-hybridized carbons (Fsp3) is 0.286. The Hall–Kier alpha value is -4.00. The molecule has 0 bridgehead atoms. The van der Waals surface area contributed by atoms with Crippen LogP contribution in [-0.2, 0) is 0 Å². The molecule has 4 aromatic rings. The summed E-state index contributed by atoms with van der Waals surface area (Å²) in [4.78, 5) is 37.5. The number of fused-ring (bicyclic) bond motifs is 2. The predicted octanol–water partition coefficient (Wildman–Crippen LogP) is 5.52.